The molecular weight excluding hydrogens is 212 g/mol. The number of hydrogen-bond donors (Lipinski definition) is 2. The molecule has 0 aromatic heterocycles. The number of carbonyl (C=O) groups excluding carboxylic acids is 1. The van der Waals surface area contributed by atoms with Crippen LogP contribution in [0.25, 0.3) is 0 Å². The quantitative estimate of drug-likeness (QED) is 0.714. The van der Waals surface area contributed by atoms with Gasteiger partial charge in [0.25, 0.3) is 0 Å². The van der Waals surface area contributed by atoms with Gasteiger partial charge < -0.3 is 10.6 Å². The van der Waals surface area contributed by atoms with E-state index in [0.717, 1.165) is 31.6 Å². The average Bonchev–Trinajstić information content (AvgIpc) is 2.56. The van der Waals surface area contributed by atoms with Gasteiger partial charge in [0.15, 0.2) is 0 Å². The third-order valence-corrected chi connectivity index (χ3v) is 4.13. The molecule has 0 bridgehead atoms. The minimum absolute atomic E-state index is 0.197. The molecule has 0 atom stereocenters. The van der Waals surface area contributed by atoms with Crippen molar-refractivity contribution in [2.24, 2.45) is 0 Å². The van der Waals surface area contributed by atoms with Crippen LogP contribution in [0.3, 0.4) is 0 Å². The van der Waals surface area contributed by atoms with Crippen molar-refractivity contribution < 1.29 is 4.79 Å². The Morgan fingerprint density at radius 1 is 1.18 bits per heavy atom. The van der Waals surface area contributed by atoms with Gasteiger partial charge in [-0.3, -0.25) is 4.79 Å². The Kier molecular flexibility index (Phi) is 2.26. The van der Waals surface area contributed by atoms with Gasteiger partial charge in [-0.1, -0.05) is 17.7 Å². The second-order valence-electron chi connectivity index (χ2n) is 5.29. The van der Waals surface area contributed by atoms with Gasteiger partial charge in [-0.2, -0.15) is 0 Å². The maximum absolute atomic E-state index is 12.3. The van der Waals surface area contributed by atoms with Crippen molar-refractivity contribution in [3.8, 4) is 0 Å². The predicted molar refractivity (Wildman–Crippen MR) is 68.3 cm³/mol. The van der Waals surface area contributed by atoms with Gasteiger partial charge >= 0.3 is 0 Å². The second kappa shape index (κ2) is 3.57. The molecule has 0 unspecified atom stereocenters. The molecule has 2 N–H and O–H groups in total. The van der Waals surface area contributed by atoms with Gasteiger partial charge in [-0.05, 0) is 50.9 Å². The predicted octanol–water partition coefficient (Wildman–Crippen LogP) is 1.88. The lowest BCUT2D eigenvalue weighted by molar-refractivity contribution is -0.121. The molecule has 2 heterocycles. The van der Waals surface area contributed by atoms with Crippen LogP contribution >= 0.6 is 0 Å². The summed E-state index contributed by atoms with van der Waals surface area (Å²) in [6.45, 7) is 6.04. The highest BCUT2D eigenvalue weighted by atomic mass is 16.2. The van der Waals surface area contributed by atoms with Gasteiger partial charge in [-0.25, -0.2) is 0 Å². The van der Waals surface area contributed by atoms with Crippen LogP contribution < -0.4 is 10.6 Å². The molecule has 1 spiro atoms. The maximum Gasteiger partial charge on any atom is 0.235 e. The molecule has 3 heteroatoms. The topological polar surface area (TPSA) is 41.1 Å². The molecule has 0 aliphatic carbocycles. The van der Waals surface area contributed by atoms with Crippen molar-refractivity contribution >= 4 is 11.6 Å². The molecule has 2 aliphatic rings. The molecule has 1 aromatic rings. The van der Waals surface area contributed by atoms with Gasteiger partial charge in [0, 0.05) is 5.69 Å². The summed E-state index contributed by atoms with van der Waals surface area (Å²) < 4.78 is 0. The first kappa shape index (κ1) is 10.8. The molecule has 1 saturated heterocycles. The lowest BCUT2D eigenvalue weighted by Gasteiger charge is -2.32. The zero-order chi connectivity index (χ0) is 12.0. The fourth-order valence-electron chi connectivity index (χ4n) is 3.22. The Bertz CT molecular complexity index is 487. The van der Waals surface area contributed by atoms with E-state index in [0.29, 0.717) is 0 Å². The van der Waals surface area contributed by atoms with Crippen LogP contribution in [-0.2, 0) is 10.2 Å². The summed E-state index contributed by atoms with van der Waals surface area (Å²) >= 11 is 0. The van der Waals surface area contributed by atoms with E-state index >= 15 is 0 Å². The SMILES string of the molecule is Cc1cc(C)c2c(c1)C1(CCNCC1)C(=O)N2. The van der Waals surface area contributed by atoms with Crippen LogP contribution in [-0.4, -0.2) is 19.0 Å². The first-order valence-electron chi connectivity index (χ1n) is 6.27. The summed E-state index contributed by atoms with van der Waals surface area (Å²) in [7, 11) is 0. The largest absolute Gasteiger partial charge is 0.325 e. The number of carbonyl (C=O) groups is 1. The van der Waals surface area contributed by atoms with Crippen LogP contribution in [0.1, 0.15) is 29.5 Å². The van der Waals surface area contributed by atoms with Crippen molar-refractivity contribution in [3.05, 3.63) is 28.8 Å². The van der Waals surface area contributed by atoms with Crippen molar-refractivity contribution in [2.75, 3.05) is 18.4 Å². The standard InChI is InChI=1S/C14H18N2O/c1-9-7-10(2)12-11(8-9)14(13(17)16-12)3-5-15-6-4-14/h7-8,15H,3-6H2,1-2H3,(H,16,17). The normalized spacial score (nSPS) is 21.4. The summed E-state index contributed by atoms with van der Waals surface area (Å²) in [4.78, 5) is 12.3. The minimum atomic E-state index is -0.267. The van der Waals surface area contributed by atoms with Gasteiger partial charge in [-0.15, -0.1) is 0 Å². The molecule has 90 valence electrons. The van der Waals surface area contributed by atoms with Crippen LogP contribution in [0.4, 0.5) is 5.69 Å². The number of benzene rings is 1. The maximum atomic E-state index is 12.3. The summed E-state index contributed by atoms with van der Waals surface area (Å²) in [6, 6.07) is 4.32. The van der Waals surface area contributed by atoms with Gasteiger partial charge in [0.2, 0.25) is 5.91 Å². The van der Waals surface area contributed by atoms with E-state index in [1.54, 1.807) is 0 Å². The number of nitrogens with one attached hydrogen (secondary N) is 2. The summed E-state index contributed by atoms with van der Waals surface area (Å²) in [5.41, 5.74) is 4.44. The molecule has 17 heavy (non-hydrogen) atoms. The summed E-state index contributed by atoms with van der Waals surface area (Å²) in [5.74, 6) is 0.197. The number of hydrogen-bond acceptors (Lipinski definition) is 2. The van der Waals surface area contributed by atoms with E-state index in [2.05, 4.69) is 36.6 Å². The molecule has 3 rings (SSSR count). The van der Waals surface area contributed by atoms with Crippen LogP contribution in [0.5, 0.6) is 0 Å². The first-order valence-corrected chi connectivity index (χ1v) is 6.27. The van der Waals surface area contributed by atoms with E-state index in [-0.39, 0.29) is 11.3 Å². The lowest BCUT2D eigenvalue weighted by atomic mass is 9.73. The Morgan fingerprint density at radius 3 is 2.59 bits per heavy atom. The molecule has 0 radical (unpaired) electrons. The third-order valence-electron chi connectivity index (χ3n) is 4.13. The summed E-state index contributed by atoms with van der Waals surface area (Å²) in [5, 5.41) is 6.42. The number of piperidine rings is 1. The van der Waals surface area contributed by atoms with E-state index in [1.165, 1.54) is 16.7 Å². The molecule has 1 fully saturated rings. The first-order chi connectivity index (χ1) is 8.13. The number of amides is 1. The van der Waals surface area contributed by atoms with Crippen molar-refractivity contribution in [1.82, 2.24) is 5.32 Å². The zero-order valence-corrected chi connectivity index (χ0v) is 10.4. The monoisotopic (exact) mass is 230 g/mol. The van der Waals surface area contributed by atoms with E-state index < -0.39 is 0 Å². The average molecular weight is 230 g/mol. The Balaban J connectivity index is 2.18. The highest BCUT2D eigenvalue weighted by Crippen LogP contribution is 2.45. The number of anilines is 1. The highest BCUT2D eigenvalue weighted by Gasteiger charge is 2.47. The smallest absolute Gasteiger partial charge is 0.235 e. The zero-order valence-electron chi connectivity index (χ0n) is 10.4. The van der Waals surface area contributed by atoms with Crippen molar-refractivity contribution in [1.29, 1.82) is 0 Å². The van der Waals surface area contributed by atoms with Crippen LogP contribution in [0.15, 0.2) is 12.1 Å². The number of aryl methyl sites for hydroxylation is 2. The van der Waals surface area contributed by atoms with Crippen molar-refractivity contribution in [2.45, 2.75) is 32.1 Å². The Labute approximate surface area is 102 Å². The molecule has 2 aliphatic heterocycles. The fraction of sp³-hybridized carbons (Fsp3) is 0.500. The highest BCUT2D eigenvalue weighted by molar-refractivity contribution is 6.07. The summed E-state index contributed by atoms with van der Waals surface area (Å²) in [6.07, 6.45) is 1.82. The van der Waals surface area contributed by atoms with E-state index in [9.17, 15) is 4.79 Å². The molecular formula is C14H18N2O. The van der Waals surface area contributed by atoms with E-state index in [4.69, 9.17) is 0 Å². The van der Waals surface area contributed by atoms with Crippen LogP contribution in [0.2, 0.25) is 0 Å². The molecule has 3 nitrogen and oxygen atoms in total. The van der Waals surface area contributed by atoms with Gasteiger partial charge in [0.05, 0.1) is 5.41 Å². The lowest BCUT2D eigenvalue weighted by Crippen LogP contribution is -2.44. The van der Waals surface area contributed by atoms with Crippen molar-refractivity contribution in [3.63, 3.8) is 0 Å². The molecule has 1 amide bonds. The fourth-order valence-corrected chi connectivity index (χ4v) is 3.22. The van der Waals surface area contributed by atoms with E-state index in [1.807, 2.05) is 0 Å². The minimum Gasteiger partial charge on any atom is -0.325 e. The van der Waals surface area contributed by atoms with Gasteiger partial charge in [0.1, 0.15) is 0 Å². The van der Waals surface area contributed by atoms with Crippen LogP contribution in [0, 0.1) is 13.8 Å². The Hall–Kier alpha value is -1.35. The second-order valence-corrected chi connectivity index (χ2v) is 5.29. The molecule has 0 saturated carbocycles. The number of rotatable bonds is 0. The molecule has 1 aromatic carbocycles. The third kappa shape index (κ3) is 1.42. The Morgan fingerprint density at radius 2 is 1.88 bits per heavy atom. The number of fused-ring (bicyclic) bond motifs is 2.